The maximum absolute atomic E-state index is 9.62. The predicted molar refractivity (Wildman–Crippen MR) is 53.0 cm³/mol. The molecule has 0 atom stereocenters. The van der Waals surface area contributed by atoms with E-state index in [0.717, 1.165) is 18.6 Å². The van der Waals surface area contributed by atoms with Gasteiger partial charge in [0.15, 0.2) is 0 Å². The van der Waals surface area contributed by atoms with E-state index in [1.807, 2.05) is 0 Å². The van der Waals surface area contributed by atoms with E-state index < -0.39 is 0 Å². The van der Waals surface area contributed by atoms with Crippen LogP contribution < -0.4 is 0 Å². The molecule has 0 aliphatic heterocycles. The van der Waals surface area contributed by atoms with Crippen LogP contribution in [0.2, 0.25) is 0 Å². The third-order valence-electron chi connectivity index (χ3n) is 1.18. The minimum absolute atomic E-state index is 0.506. The van der Waals surface area contributed by atoms with E-state index in [-0.39, 0.29) is 0 Å². The summed E-state index contributed by atoms with van der Waals surface area (Å²) in [6.45, 7) is 3.25. The largest absolute Gasteiger partial charge is 0.468 e. The van der Waals surface area contributed by atoms with E-state index in [1.165, 1.54) is 19.3 Å². The lowest BCUT2D eigenvalue weighted by molar-refractivity contribution is -0.128. The Morgan fingerprint density at radius 2 is 1.60 bits per heavy atom. The van der Waals surface area contributed by atoms with Crippen LogP contribution in [0.25, 0.3) is 0 Å². The molecule has 0 saturated heterocycles. The summed E-state index contributed by atoms with van der Waals surface area (Å²) in [4.78, 5) is 26.3. The number of hydrogen-bond donors (Lipinski definition) is 2. The molecule has 0 amide bonds. The molecule has 6 heteroatoms. The highest BCUT2D eigenvalue weighted by Crippen LogP contribution is 1.97. The molecule has 0 radical (unpaired) electrons. The first-order valence-corrected chi connectivity index (χ1v) is 4.38. The average molecular weight is 216 g/mol. The fourth-order valence-corrected chi connectivity index (χ4v) is 0.660. The molecule has 0 heterocycles. The van der Waals surface area contributed by atoms with E-state index >= 15 is 0 Å². The van der Waals surface area contributed by atoms with Gasteiger partial charge in [0.25, 0.3) is 6.47 Å². The molecule has 0 aromatic carbocycles. The van der Waals surface area contributed by atoms with Crippen LogP contribution in [0.15, 0.2) is 0 Å². The van der Waals surface area contributed by atoms with Crippen molar-refractivity contribution in [2.24, 2.45) is 0 Å². The molecule has 0 saturated carbocycles. The molecule has 0 aromatic rings. The smallest absolute Gasteiger partial charge is 0.293 e. The Morgan fingerprint density at radius 1 is 1.13 bits per heavy atom. The number of unbranched alkanes of at least 4 members (excludes halogenated alkanes) is 3. The molecule has 0 unspecified atom stereocenters. The molecule has 0 aromatic heterocycles. The highest BCUT2D eigenvalue weighted by Gasteiger charge is 1.85. The Labute approximate surface area is 88.6 Å². The van der Waals surface area contributed by atoms with E-state index in [4.69, 9.17) is 20.4 Å². The third-order valence-corrected chi connectivity index (χ3v) is 1.18. The van der Waals surface area contributed by atoms with Gasteiger partial charge in [0.2, 0.25) is 12.2 Å². The summed E-state index contributed by atoms with van der Waals surface area (Å²) in [5, 5.41) is 10.8. The van der Waals surface area contributed by atoms with E-state index in [1.54, 1.807) is 0 Å². The first-order valence-electron chi connectivity index (χ1n) is 4.38. The van der Waals surface area contributed by atoms with Gasteiger partial charge in [-0.15, -0.1) is 0 Å². The molecule has 6 nitrogen and oxygen atoms in total. The Balaban J connectivity index is -0.000000200. The Hall–Kier alpha value is -1.77. The van der Waals surface area contributed by atoms with Crippen LogP contribution in [0.5, 0.6) is 0 Å². The van der Waals surface area contributed by atoms with Crippen LogP contribution in [-0.4, -0.2) is 25.2 Å². The van der Waals surface area contributed by atoms with Crippen LogP contribution in [-0.2, 0) is 19.1 Å². The lowest BCUT2D eigenvalue weighted by Crippen LogP contribution is -1.90. The number of ether oxygens (including phenoxy) is 1. The number of nitrogens with one attached hydrogen (secondary N) is 2. The van der Waals surface area contributed by atoms with Gasteiger partial charge in [-0.3, -0.25) is 4.79 Å². The van der Waals surface area contributed by atoms with Gasteiger partial charge in [0.1, 0.15) is 0 Å². The highest BCUT2D eigenvalue weighted by molar-refractivity contribution is 5.36. The average Bonchev–Trinajstić information content (AvgIpc) is 2.20. The molecule has 0 bridgehead atoms. The first-order chi connectivity index (χ1) is 7.24. The highest BCUT2D eigenvalue weighted by atomic mass is 16.5. The van der Waals surface area contributed by atoms with Gasteiger partial charge >= 0.3 is 0 Å². The number of isocyanates is 2. The topological polar surface area (TPSA) is 108 Å². The maximum atomic E-state index is 9.62. The molecule has 0 spiro atoms. The molecule has 0 aliphatic carbocycles. The SMILES string of the molecule is CCCCCCOC=O.N=C=O.N=C=O. The molecule has 2 N–H and O–H groups in total. The van der Waals surface area contributed by atoms with Crippen LogP contribution in [0, 0.1) is 10.8 Å². The van der Waals surface area contributed by atoms with Crippen molar-refractivity contribution in [3.8, 4) is 0 Å². The van der Waals surface area contributed by atoms with Gasteiger partial charge in [-0.2, -0.15) is 0 Å². The van der Waals surface area contributed by atoms with Crippen LogP contribution in [0.3, 0.4) is 0 Å². The molecular weight excluding hydrogens is 200 g/mol. The fourth-order valence-electron chi connectivity index (χ4n) is 0.660. The van der Waals surface area contributed by atoms with Crippen LogP contribution in [0.4, 0.5) is 0 Å². The van der Waals surface area contributed by atoms with Crippen LogP contribution in [0.1, 0.15) is 32.6 Å². The maximum Gasteiger partial charge on any atom is 0.293 e. The minimum atomic E-state index is 0.506. The Kier molecular flexibility index (Phi) is 37.2. The quantitative estimate of drug-likeness (QED) is 0.304. The number of carbonyl (C=O) groups is 1. The zero-order valence-corrected chi connectivity index (χ0v) is 8.75. The van der Waals surface area contributed by atoms with Crippen molar-refractivity contribution in [1.82, 2.24) is 0 Å². The second kappa shape index (κ2) is 29.5. The predicted octanol–water partition coefficient (Wildman–Crippen LogP) is 1.54. The zero-order chi connectivity index (χ0) is 12.4. The lowest BCUT2D eigenvalue weighted by atomic mass is 10.2. The third kappa shape index (κ3) is 71.5. The summed E-state index contributed by atoms with van der Waals surface area (Å²) in [5.74, 6) is 0. The van der Waals surface area contributed by atoms with Crippen molar-refractivity contribution in [1.29, 1.82) is 10.8 Å². The summed E-state index contributed by atoms with van der Waals surface area (Å²) >= 11 is 0. The van der Waals surface area contributed by atoms with Gasteiger partial charge in [0.05, 0.1) is 6.61 Å². The summed E-state index contributed by atoms with van der Waals surface area (Å²) in [6, 6.07) is 0. The van der Waals surface area contributed by atoms with Crippen molar-refractivity contribution in [2.45, 2.75) is 32.6 Å². The second-order valence-corrected chi connectivity index (χ2v) is 2.23. The van der Waals surface area contributed by atoms with E-state index in [0.29, 0.717) is 13.1 Å². The van der Waals surface area contributed by atoms with E-state index in [9.17, 15) is 4.79 Å². The molecule has 0 fully saturated rings. The number of hydrogen-bond acceptors (Lipinski definition) is 6. The Morgan fingerprint density at radius 3 is 1.93 bits per heavy atom. The van der Waals surface area contributed by atoms with Crippen LogP contribution >= 0.6 is 0 Å². The first kappa shape index (κ1) is 18.9. The monoisotopic (exact) mass is 216 g/mol. The standard InChI is InChI=1S/C7H14O2.2CHNO/c1-2-3-4-5-6-9-7-8;2*2-1-3/h7H,2-6H2,1H3;2*2H. The van der Waals surface area contributed by atoms with Crippen molar-refractivity contribution in [3.05, 3.63) is 0 Å². The zero-order valence-electron chi connectivity index (χ0n) is 8.75. The van der Waals surface area contributed by atoms with Gasteiger partial charge < -0.3 is 4.74 Å². The molecular formula is C9H16N2O4. The fraction of sp³-hybridized carbons (Fsp3) is 0.667. The molecule has 0 aliphatic rings. The number of carbonyl (C=O) groups excluding carboxylic acids is 3. The van der Waals surface area contributed by atoms with Gasteiger partial charge in [0, 0.05) is 0 Å². The molecule has 15 heavy (non-hydrogen) atoms. The van der Waals surface area contributed by atoms with Crippen molar-refractivity contribution >= 4 is 18.6 Å². The summed E-state index contributed by atoms with van der Waals surface area (Å²) in [7, 11) is 0. The van der Waals surface area contributed by atoms with Gasteiger partial charge in [-0.1, -0.05) is 26.2 Å². The Bertz CT molecular complexity index is 171. The molecule has 0 rings (SSSR count). The van der Waals surface area contributed by atoms with Gasteiger partial charge in [-0.05, 0) is 6.42 Å². The van der Waals surface area contributed by atoms with Crippen molar-refractivity contribution < 1.29 is 19.1 Å². The second-order valence-electron chi connectivity index (χ2n) is 2.23. The molecule has 86 valence electrons. The van der Waals surface area contributed by atoms with E-state index in [2.05, 4.69) is 11.7 Å². The van der Waals surface area contributed by atoms with Gasteiger partial charge in [-0.25, -0.2) is 20.4 Å². The summed E-state index contributed by atoms with van der Waals surface area (Å²) in [6.07, 6.45) is 6.14. The minimum Gasteiger partial charge on any atom is -0.468 e. The number of rotatable bonds is 6. The lowest BCUT2D eigenvalue weighted by Gasteiger charge is -1.95. The van der Waals surface area contributed by atoms with Crippen molar-refractivity contribution in [2.75, 3.05) is 6.61 Å². The summed E-state index contributed by atoms with van der Waals surface area (Å²) < 4.78 is 4.50. The summed E-state index contributed by atoms with van der Waals surface area (Å²) in [5.41, 5.74) is 0. The normalized spacial score (nSPS) is 6.47. The van der Waals surface area contributed by atoms with Crippen molar-refractivity contribution in [3.63, 3.8) is 0 Å².